The first-order chi connectivity index (χ1) is 9.01. The Morgan fingerprint density at radius 2 is 2.16 bits per heavy atom. The van der Waals surface area contributed by atoms with Crippen molar-refractivity contribution in [3.05, 3.63) is 40.2 Å². The van der Waals surface area contributed by atoms with Gasteiger partial charge in [0.1, 0.15) is 11.4 Å². The normalized spacial score (nSPS) is 13.8. The van der Waals surface area contributed by atoms with Crippen molar-refractivity contribution in [2.45, 2.75) is 18.9 Å². The van der Waals surface area contributed by atoms with Crippen LogP contribution in [0.5, 0.6) is 5.75 Å². The molecule has 1 heterocycles. The van der Waals surface area contributed by atoms with Gasteiger partial charge in [0, 0.05) is 11.8 Å². The fraction of sp³-hybridized carbons (Fsp3) is 0.267. The molecule has 2 N–H and O–H groups in total. The van der Waals surface area contributed by atoms with Crippen molar-refractivity contribution >= 4 is 10.9 Å². The van der Waals surface area contributed by atoms with Crippen LogP contribution in [0.2, 0.25) is 0 Å². The highest BCUT2D eigenvalue weighted by atomic mass is 16.5. The third-order valence-corrected chi connectivity index (χ3v) is 3.06. The number of nitrogens with one attached hydrogen (secondary N) is 1. The van der Waals surface area contributed by atoms with Crippen LogP contribution in [-0.4, -0.2) is 17.2 Å². The van der Waals surface area contributed by atoms with Gasteiger partial charge in [-0.3, -0.25) is 4.79 Å². The number of H-pyrrole nitrogens is 1. The van der Waals surface area contributed by atoms with Crippen molar-refractivity contribution in [2.24, 2.45) is 0 Å². The zero-order valence-electron chi connectivity index (χ0n) is 10.9. The number of terminal acetylenes is 1. The van der Waals surface area contributed by atoms with E-state index in [0.717, 1.165) is 5.39 Å². The predicted octanol–water partition coefficient (Wildman–Crippen LogP) is 1.77. The summed E-state index contributed by atoms with van der Waals surface area (Å²) < 4.78 is 5.32. The van der Waals surface area contributed by atoms with Crippen LogP contribution in [0.3, 0.4) is 0 Å². The van der Waals surface area contributed by atoms with Crippen LogP contribution in [-0.2, 0) is 5.60 Å². The summed E-state index contributed by atoms with van der Waals surface area (Å²) in [4.78, 5) is 14.9. The maximum Gasteiger partial charge on any atom is 0.258 e. The molecule has 0 saturated heterocycles. The SMILES string of the molecule is C#CCC(C)(O)c1c(OC)c2ccccc2[nH]c1=O. The molecule has 0 aliphatic carbocycles. The molecule has 2 aromatic rings. The molecule has 0 fully saturated rings. The number of ether oxygens (including phenoxy) is 1. The molecule has 4 heteroatoms. The van der Waals surface area contributed by atoms with Gasteiger partial charge in [0.2, 0.25) is 0 Å². The number of pyridine rings is 1. The molecule has 0 amide bonds. The molecule has 0 bridgehead atoms. The van der Waals surface area contributed by atoms with Gasteiger partial charge in [-0.2, -0.15) is 0 Å². The second kappa shape index (κ2) is 4.79. The summed E-state index contributed by atoms with van der Waals surface area (Å²) in [6, 6.07) is 7.25. The fourth-order valence-corrected chi connectivity index (χ4v) is 2.20. The Morgan fingerprint density at radius 3 is 2.79 bits per heavy atom. The van der Waals surface area contributed by atoms with Crippen molar-refractivity contribution in [1.82, 2.24) is 4.98 Å². The molecule has 1 atom stereocenters. The van der Waals surface area contributed by atoms with E-state index in [4.69, 9.17) is 11.2 Å². The Bertz CT molecular complexity index is 707. The first-order valence-electron chi connectivity index (χ1n) is 5.86. The maximum absolute atomic E-state index is 12.2. The predicted molar refractivity (Wildman–Crippen MR) is 74.1 cm³/mol. The molecular weight excluding hydrogens is 242 g/mol. The number of benzene rings is 1. The van der Waals surface area contributed by atoms with Gasteiger partial charge in [-0.05, 0) is 19.1 Å². The monoisotopic (exact) mass is 257 g/mol. The number of fused-ring (bicyclic) bond motifs is 1. The molecule has 4 nitrogen and oxygen atoms in total. The molecule has 0 saturated carbocycles. The van der Waals surface area contributed by atoms with E-state index < -0.39 is 11.2 Å². The number of aliphatic hydroxyl groups is 1. The van der Waals surface area contributed by atoms with Crippen LogP contribution in [0.15, 0.2) is 29.1 Å². The zero-order valence-corrected chi connectivity index (χ0v) is 10.9. The molecule has 1 aromatic heterocycles. The van der Waals surface area contributed by atoms with Gasteiger partial charge < -0.3 is 14.8 Å². The second-order valence-electron chi connectivity index (χ2n) is 4.56. The van der Waals surface area contributed by atoms with Crippen molar-refractivity contribution in [3.63, 3.8) is 0 Å². The van der Waals surface area contributed by atoms with E-state index in [1.165, 1.54) is 14.0 Å². The van der Waals surface area contributed by atoms with Gasteiger partial charge in [0.15, 0.2) is 0 Å². The summed E-state index contributed by atoms with van der Waals surface area (Å²) >= 11 is 0. The van der Waals surface area contributed by atoms with Gasteiger partial charge in [0.05, 0.1) is 18.2 Å². The molecule has 98 valence electrons. The fourth-order valence-electron chi connectivity index (χ4n) is 2.20. The average Bonchev–Trinajstić information content (AvgIpc) is 2.36. The van der Waals surface area contributed by atoms with Crippen molar-refractivity contribution in [1.29, 1.82) is 0 Å². The summed E-state index contributed by atoms with van der Waals surface area (Å²) in [5.41, 5.74) is -1.01. The maximum atomic E-state index is 12.2. The summed E-state index contributed by atoms with van der Waals surface area (Å²) in [6.45, 7) is 1.51. The van der Waals surface area contributed by atoms with Crippen LogP contribution in [0.1, 0.15) is 18.9 Å². The quantitative estimate of drug-likeness (QED) is 0.824. The lowest BCUT2D eigenvalue weighted by atomic mass is 9.92. The summed E-state index contributed by atoms with van der Waals surface area (Å²) in [5, 5.41) is 11.1. The molecule has 19 heavy (non-hydrogen) atoms. The van der Waals surface area contributed by atoms with Gasteiger partial charge >= 0.3 is 0 Å². The van der Waals surface area contributed by atoms with Crippen LogP contribution in [0.4, 0.5) is 0 Å². The Kier molecular flexibility index (Phi) is 3.32. The first-order valence-corrected chi connectivity index (χ1v) is 5.86. The van der Waals surface area contributed by atoms with E-state index in [2.05, 4.69) is 10.9 Å². The van der Waals surface area contributed by atoms with Gasteiger partial charge in [-0.15, -0.1) is 12.3 Å². The number of hydrogen-bond donors (Lipinski definition) is 2. The van der Waals surface area contributed by atoms with Gasteiger partial charge in [-0.1, -0.05) is 12.1 Å². The lowest BCUT2D eigenvalue weighted by Crippen LogP contribution is -2.30. The molecular formula is C15H15NO3. The van der Waals surface area contributed by atoms with E-state index >= 15 is 0 Å². The van der Waals surface area contributed by atoms with Crippen molar-refractivity contribution < 1.29 is 9.84 Å². The van der Waals surface area contributed by atoms with E-state index in [1.54, 1.807) is 6.07 Å². The number of aromatic amines is 1. The van der Waals surface area contributed by atoms with Crippen molar-refractivity contribution in [3.8, 4) is 18.1 Å². The minimum atomic E-state index is -1.43. The van der Waals surface area contributed by atoms with E-state index in [9.17, 15) is 9.90 Å². The molecule has 1 aromatic carbocycles. The Balaban J connectivity index is 2.85. The van der Waals surface area contributed by atoms with Crippen LogP contribution >= 0.6 is 0 Å². The molecule has 0 radical (unpaired) electrons. The van der Waals surface area contributed by atoms with E-state index in [0.29, 0.717) is 11.3 Å². The highest BCUT2D eigenvalue weighted by Crippen LogP contribution is 2.34. The lowest BCUT2D eigenvalue weighted by molar-refractivity contribution is 0.0589. The standard InChI is InChI=1S/C15H15NO3/c1-4-9-15(2,18)12-13(19-3)10-7-5-6-8-11(10)16-14(12)17/h1,5-8,18H,9H2,2-3H3,(H,16,17). The van der Waals surface area contributed by atoms with Crippen molar-refractivity contribution in [2.75, 3.05) is 7.11 Å². The lowest BCUT2D eigenvalue weighted by Gasteiger charge is -2.23. The number of methoxy groups -OCH3 is 1. The van der Waals surface area contributed by atoms with Gasteiger partial charge in [-0.25, -0.2) is 0 Å². The minimum Gasteiger partial charge on any atom is -0.495 e. The number of hydrogen-bond acceptors (Lipinski definition) is 3. The Hall–Kier alpha value is -2.25. The number of para-hydroxylation sites is 1. The topological polar surface area (TPSA) is 62.3 Å². The molecule has 0 spiro atoms. The number of aromatic nitrogens is 1. The summed E-state index contributed by atoms with van der Waals surface area (Å²) in [7, 11) is 1.47. The average molecular weight is 257 g/mol. The molecule has 2 rings (SSSR count). The van der Waals surface area contributed by atoms with Gasteiger partial charge in [0.25, 0.3) is 5.56 Å². The third kappa shape index (κ3) is 2.20. The largest absolute Gasteiger partial charge is 0.495 e. The minimum absolute atomic E-state index is 0.0325. The second-order valence-corrected chi connectivity index (χ2v) is 4.56. The first kappa shape index (κ1) is 13.2. The Morgan fingerprint density at radius 1 is 1.47 bits per heavy atom. The summed E-state index contributed by atoms with van der Waals surface area (Å²) in [5.74, 6) is 2.74. The summed E-state index contributed by atoms with van der Waals surface area (Å²) in [6.07, 6.45) is 5.28. The van der Waals surface area contributed by atoms with Crippen LogP contribution in [0, 0.1) is 12.3 Å². The highest BCUT2D eigenvalue weighted by molar-refractivity contribution is 5.86. The Labute approximate surface area is 111 Å². The smallest absolute Gasteiger partial charge is 0.258 e. The molecule has 0 aliphatic rings. The molecule has 0 aliphatic heterocycles. The van der Waals surface area contributed by atoms with E-state index in [-0.39, 0.29) is 12.0 Å². The third-order valence-electron chi connectivity index (χ3n) is 3.06. The highest BCUT2D eigenvalue weighted by Gasteiger charge is 2.30. The van der Waals surface area contributed by atoms with E-state index in [1.807, 2.05) is 18.2 Å². The zero-order chi connectivity index (χ0) is 14.0. The molecule has 1 unspecified atom stereocenters. The van der Waals surface area contributed by atoms with Crippen LogP contribution in [0.25, 0.3) is 10.9 Å². The van der Waals surface area contributed by atoms with Crippen LogP contribution < -0.4 is 10.3 Å². The number of rotatable bonds is 3.